The van der Waals surface area contributed by atoms with E-state index in [1.807, 2.05) is 0 Å². The van der Waals surface area contributed by atoms with Crippen LogP contribution in [0.5, 0.6) is 0 Å². The molecule has 1 N–H and O–H groups in total. The van der Waals surface area contributed by atoms with Crippen LogP contribution in [-0.4, -0.2) is 17.1 Å². The van der Waals surface area contributed by atoms with E-state index in [9.17, 15) is 4.39 Å². The van der Waals surface area contributed by atoms with E-state index in [1.165, 1.54) is 12.8 Å². The molecule has 80 valence electrons. The van der Waals surface area contributed by atoms with Gasteiger partial charge in [-0.05, 0) is 30.9 Å². The second kappa shape index (κ2) is 3.42. The average molecular weight is 227 g/mol. The van der Waals surface area contributed by atoms with Crippen LogP contribution in [-0.2, 0) is 0 Å². The second-order valence-corrected chi connectivity index (χ2v) is 4.84. The zero-order valence-corrected chi connectivity index (χ0v) is 8.97. The Balaban J connectivity index is 1.90. The lowest BCUT2D eigenvalue weighted by atomic mass is 9.85. The fraction of sp³-hybridized carbons (Fsp3) is 0.545. The third-order valence-corrected chi connectivity index (χ3v) is 3.81. The van der Waals surface area contributed by atoms with Gasteiger partial charge in [-0.2, -0.15) is 4.39 Å². The summed E-state index contributed by atoms with van der Waals surface area (Å²) in [5, 5.41) is 3.68. The van der Waals surface area contributed by atoms with Crippen molar-refractivity contribution < 1.29 is 4.39 Å². The molecular formula is C11H12ClFN2. The number of hydrogen-bond donors (Lipinski definition) is 1. The largest absolute Gasteiger partial charge is 0.311 e. The molecule has 1 aromatic heterocycles. The summed E-state index contributed by atoms with van der Waals surface area (Å²) >= 11 is 5.74. The van der Waals surface area contributed by atoms with Crippen LogP contribution < -0.4 is 5.32 Å². The predicted octanol–water partition coefficient (Wildman–Crippen LogP) is 2.48. The smallest absolute Gasteiger partial charge is 0.231 e. The highest BCUT2D eigenvalue weighted by molar-refractivity contribution is 6.30. The highest BCUT2D eigenvalue weighted by Gasteiger charge is 2.39. The van der Waals surface area contributed by atoms with Gasteiger partial charge in [0.25, 0.3) is 0 Å². The van der Waals surface area contributed by atoms with Crippen LogP contribution in [0.25, 0.3) is 0 Å². The lowest BCUT2D eigenvalue weighted by Gasteiger charge is -2.20. The number of nitrogens with zero attached hydrogens (tertiary/aromatic N) is 1. The Morgan fingerprint density at radius 2 is 2.33 bits per heavy atom. The molecule has 1 aromatic rings. The number of aromatic nitrogens is 1. The van der Waals surface area contributed by atoms with Crippen LogP contribution >= 0.6 is 11.6 Å². The summed E-state index contributed by atoms with van der Waals surface area (Å²) in [4.78, 5) is 3.68. The third-order valence-electron chi connectivity index (χ3n) is 3.55. The van der Waals surface area contributed by atoms with Crippen LogP contribution in [0, 0.1) is 5.95 Å². The van der Waals surface area contributed by atoms with Crippen LogP contribution in [0.4, 0.5) is 4.39 Å². The molecule has 15 heavy (non-hydrogen) atoms. The van der Waals surface area contributed by atoms with Crippen molar-refractivity contribution in [3.8, 4) is 0 Å². The highest BCUT2D eigenvalue weighted by Crippen LogP contribution is 2.40. The maximum absolute atomic E-state index is 12.9. The molecular weight excluding hydrogens is 215 g/mol. The number of halogens is 2. The summed E-state index contributed by atoms with van der Waals surface area (Å²) in [6.45, 7) is 0. The normalized spacial score (nSPS) is 33.6. The summed E-state index contributed by atoms with van der Waals surface area (Å²) in [5.41, 5.74) is 1.07. The maximum Gasteiger partial charge on any atom is 0.231 e. The molecule has 3 atom stereocenters. The van der Waals surface area contributed by atoms with Gasteiger partial charge in [-0.25, -0.2) is 4.98 Å². The third kappa shape index (κ3) is 1.54. The molecule has 2 saturated heterocycles. The summed E-state index contributed by atoms with van der Waals surface area (Å²) in [6, 6.07) is 2.90. The summed E-state index contributed by atoms with van der Waals surface area (Å²) in [6.07, 6.45) is 5.23. The molecule has 2 aliphatic rings. The molecule has 0 amide bonds. The maximum atomic E-state index is 12.9. The van der Waals surface area contributed by atoms with Gasteiger partial charge in [-0.3, -0.25) is 0 Å². The minimum Gasteiger partial charge on any atom is -0.311 e. The Morgan fingerprint density at radius 1 is 1.47 bits per heavy atom. The summed E-state index contributed by atoms with van der Waals surface area (Å²) in [7, 11) is 0. The second-order valence-electron chi connectivity index (χ2n) is 4.43. The molecule has 2 nitrogen and oxygen atoms in total. The number of pyridine rings is 1. The van der Waals surface area contributed by atoms with Gasteiger partial charge in [0.1, 0.15) is 0 Å². The van der Waals surface area contributed by atoms with Crippen LogP contribution in [0.3, 0.4) is 0 Å². The van der Waals surface area contributed by atoms with Gasteiger partial charge >= 0.3 is 0 Å². The first kappa shape index (κ1) is 9.55. The van der Waals surface area contributed by atoms with Crippen molar-refractivity contribution in [3.05, 3.63) is 28.8 Å². The summed E-state index contributed by atoms with van der Waals surface area (Å²) in [5.74, 6) is -0.106. The van der Waals surface area contributed by atoms with Crippen molar-refractivity contribution in [2.24, 2.45) is 0 Å². The summed E-state index contributed by atoms with van der Waals surface area (Å²) < 4.78 is 12.9. The number of nitrogens with one attached hydrogen (secondary N) is 1. The molecule has 4 heteroatoms. The van der Waals surface area contributed by atoms with E-state index in [0.29, 0.717) is 18.0 Å². The lowest BCUT2D eigenvalue weighted by molar-refractivity contribution is 0.502. The molecule has 2 fully saturated rings. The standard InChI is InChI=1S/C11H12ClFN2/c12-9-3-6(5-14-11(9)13)8-4-7-1-2-10(8)15-7/h3,5,7-8,10,15H,1-2,4H2/t7?,8-,10?/m1/s1. The van der Waals surface area contributed by atoms with Gasteiger partial charge in [0, 0.05) is 24.2 Å². The van der Waals surface area contributed by atoms with Gasteiger partial charge in [0.05, 0.1) is 5.02 Å². The van der Waals surface area contributed by atoms with Gasteiger partial charge < -0.3 is 5.32 Å². The number of rotatable bonds is 1. The molecule has 0 saturated carbocycles. The topological polar surface area (TPSA) is 24.9 Å². The first-order chi connectivity index (χ1) is 7.24. The Labute approximate surface area is 92.8 Å². The zero-order chi connectivity index (χ0) is 10.4. The van der Waals surface area contributed by atoms with E-state index in [2.05, 4.69) is 10.3 Å². The molecule has 2 aliphatic heterocycles. The van der Waals surface area contributed by atoms with Gasteiger partial charge in [0.15, 0.2) is 0 Å². The Hall–Kier alpha value is -0.670. The molecule has 2 bridgehead atoms. The van der Waals surface area contributed by atoms with Crippen molar-refractivity contribution in [1.29, 1.82) is 0 Å². The molecule has 3 rings (SSSR count). The van der Waals surface area contributed by atoms with E-state index in [0.717, 1.165) is 12.0 Å². The van der Waals surface area contributed by atoms with Gasteiger partial charge in [0.2, 0.25) is 5.95 Å². The van der Waals surface area contributed by atoms with Gasteiger partial charge in [-0.15, -0.1) is 0 Å². The van der Waals surface area contributed by atoms with Crippen molar-refractivity contribution >= 4 is 11.6 Å². The van der Waals surface area contributed by atoms with E-state index in [4.69, 9.17) is 11.6 Å². The van der Waals surface area contributed by atoms with Crippen molar-refractivity contribution in [1.82, 2.24) is 10.3 Å². The molecule has 0 spiro atoms. The van der Waals surface area contributed by atoms with Gasteiger partial charge in [-0.1, -0.05) is 11.6 Å². The van der Waals surface area contributed by atoms with Crippen LogP contribution in [0.1, 0.15) is 30.7 Å². The monoisotopic (exact) mass is 226 g/mol. The molecule has 3 heterocycles. The Morgan fingerprint density at radius 3 is 2.93 bits per heavy atom. The number of hydrogen-bond acceptors (Lipinski definition) is 2. The molecule has 2 unspecified atom stereocenters. The first-order valence-electron chi connectivity index (χ1n) is 5.31. The van der Waals surface area contributed by atoms with E-state index in [-0.39, 0.29) is 5.02 Å². The van der Waals surface area contributed by atoms with Crippen molar-refractivity contribution in [2.75, 3.05) is 0 Å². The van der Waals surface area contributed by atoms with E-state index < -0.39 is 5.95 Å². The fourth-order valence-electron chi connectivity index (χ4n) is 2.83. The quantitative estimate of drug-likeness (QED) is 0.745. The zero-order valence-electron chi connectivity index (χ0n) is 8.21. The minimum atomic E-state index is -0.573. The molecule has 0 aliphatic carbocycles. The predicted molar refractivity (Wildman–Crippen MR) is 56.5 cm³/mol. The van der Waals surface area contributed by atoms with Crippen LogP contribution in [0.2, 0.25) is 5.02 Å². The minimum absolute atomic E-state index is 0.135. The van der Waals surface area contributed by atoms with E-state index in [1.54, 1.807) is 12.3 Å². The van der Waals surface area contributed by atoms with Crippen molar-refractivity contribution in [3.63, 3.8) is 0 Å². The van der Waals surface area contributed by atoms with Crippen molar-refractivity contribution in [2.45, 2.75) is 37.3 Å². The first-order valence-corrected chi connectivity index (χ1v) is 5.69. The lowest BCUT2D eigenvalue weighted by Crippen LogP contribution is -2.21. The Kier molecular flexibility index (Phi) is 2.18. The SMILES string of the molecule is Fc1ncc([C@H]2CC3CCC2N3)cc1Cl. The Bertz CT molecular complexity index is 396. The molecule has 0 aromatic carbocycles. The van der Waals surface area contributed by atoms with E-state index >= 15 is 0 Å². The average Bonchev–Trinajstić information content (AvgIpc) is 2.83. The number of fused-ring (bicyclic) bond motifs is 2. The molecule has 0 radical (unpaired) electrons. The fourth-order valence-corrected chi connectivity index (χ4v) is 3.01. The highest BCUT2D eigenvalue weighted by atomic mass is 35.5. The van der Waals surface area contributed by atoms with Crippen LogP contribution in [0.15, 0.2) is 12.3 Å².